The van der Waals surface area contributed by atoms with E-state index >= 15 is 0 Å². The summed E-state index contributed by atoms with van der Waals surface area (Å²) >= 11 is 0. The molecule has 0 heterocycles. The Labute approximate surface area is 171 Å². The van der Waals surface area contributed by atoms with Crippen LogP contribution < -0.4 is 4.74 Å². The highest BCUT2D eigenvalue weighted by Crippen LogP contribution is 2.18. The van der Waals surface area contributed by atoms with Gasteiger partial charge in [-0.15, -0.1) is 0 Å². The van der Waals surface area contributed by atoms with Gasteiger partial charge in [-0.2, -0.15) is 0 Å². The lowest BCUT2D eigenvalue weighted by Crippen LogP contribution is -2.10. The van der Waals surface area contributed by atoms with E-state index in [0.717, 1.165) is 12.0 Å². The van der Waals surface area contributed by atoms with E-state index in [1.54, 1.807) is 6.07 Å². The summed E-state index contributed by atoms with van der Waals surface area (Å²) in [6, 6.07) is 15.5. The second-order valence-electron chi connectivity index (χ2n) is 7.78. The molecule has 2 aromatic carbocycles. The number of rotatable bonds is 13. The minimum Gasteiger partial charge on any atom is -0.423 e. The zero-order chi connectivity index (χ0) is 20.0. The maximum absolute atomic E-state index is 12.3. The molecule has 0 aliphatic rings. The van der Waals surface area contributed by atoms with Crippen molar-refractivity contribution in [3.05, 3.63) is 65.2 Å². The number of hydrogen-bond acceptors (Lipinski definition) is 2. The Bertz CT molecular complexity index is 688. The number of carbonyl (C=O) groups excluding carboxylic acids is 1. The van der Waals surface area contributed by atoms with E-state index in [4.69, 9.17) is 4.74 Å². The lowest BCUT2D eigenvalue weighted by atomic mass is 10.0. The largest absolute Gasteiger partial charge is 0.423 e. The summed E-state index contributed by atoms with van der Waals surface area (Å²) in [6.45, 7) is 4.19. The minimum absolute atomic E-state index is 0.291. The maximum Gasteiger partial charge on any atom is 0.343 e. The summed E-state index contributed by atoms with van der Waals surface area (Å²) in [5.74, 6) is 0.320. The number of unbranched alkanes of at least 4 members (excludes halogenated alkanes) is 9. The van der Waals surface area contributed by atoms with Crippen LogP contribution in [0.5, 0.6) is 5.75 Å². The molecule has 0 spiro atoms. The van der Waals surface area contributed by atoms with E-state index in [9.17, 15) is 4.79 Å². The summed E-state index contributed by atoms with van der Waals surface area (Å²) < 4.78 is 5.50. The molecule has 28 heavy (non-hydrogen) atoms. The molecular formula is C26H36O2. The summed E-state index contributed by atoms with van der Waals surface area (Å²) in [4.78, 5) is 12.3. The lowest BCUT2D eigenvalue weighted by molar-refractivity contribution is 0.0734. The van der Waals surface area contributed by atoms with Crippen LogP contribution in [-0.2, 0) is 6.42 Å². The normalized spacial score (nSPS) is 10.8. The van der Waals surface area contributed by atoms with Gasteiger partial charge in [0.1, 0.15) is 5.75 Å². The first kappa shape index (κ1) is 22.2. The van der Waals surface area contributed by atoms with Gasteiger partial charge in [-0.25, -0.2) is 4.79 Å². The molecule has 0 N–H and O–H groups in total. The second-order valence-corrected chi connectivity index (χ2v) is 7.78. The number of benzene rings is 2. The molecule has 0 aliphatic heterocycles. The van der Waals surface area contributed by atoms with Gasteiger partial charge >= 0.3 is 5.97 Å². The van der Waals surface area contributed by atoms with Crippen LogP contribution in [0.4, 0.5) is 0 Å². The van der Waals surface area contributed by atoms with Crippen molar-refractivity contribution in [1.29, 1.82) is 0 Å². The van der Waals surface area contributed by atoms with E-state index in [-0.39, 0.29) is 5.97 Å². The first-order valence-electron chi connectivity index (χ1n) is 11.1. The van der Waals surface area contributed by atoms with Crippen LogP contribution in [0.25, 0.3) is 0 Å². The Morgan fingerprint density at radius 3 is 1.93 bits per heavy atom. The highest BCUT2D eigenvalue weighted by Gasteiger charge is 2.10. The molecule has 0 aliphatic carbocycles. The van der Waals surface area contributed by atoms with Crippen molar-refractivity contribution in [1.82, 2.24) is 0 Å². The minimum atomic E-state index is -0.291. The lowest BCUT2D eigenvalue weighted by Gasteiger charge is -2.08. The van der Waals surface area contributed by atoms with Crippen LogP contribution in [0.3, 0.4) is 0 Å². The smallest absolute Gasteiger partial charge is 0.343 e. The van der Waals surface area contributed by atoms with Crippen molar-refractivity contribution < 1.29 is 9.53 Å². The highest BCUT2D eigenvalue weighted by atomic mass is 16.5. The van der Waals surface area contributed by atoms with Crippen LogP contribution in [0.2, 0.25) is 0 Å². The molecule has 2 aromatic rings. The molecule has 0 unspecified atom stereocenters. The molecule has 2 heteroatoms. The van der Waals surface area contributed by atoms with Crippen molar-refractivity contribution in [2.75, 3.05) is 0 Å². The monoisotopic (exact) mass is 380 g/mol. The van der Waals surface area contributed by atoms with Crippen LogP contribution in [0.1, 0.15) is 92.6 Å². The average Bonchev–Trinajstić information content (AvgIpc) is 2.71. The Morgan fingerprint density at radius 1 is 0.750 bits per heavy atom. The van der Waals surface area contributed by atoms with E-state index in [0.29, 0.717) is 11.3 Å². The zero-order valence-corrected chi connectivity index (χ0v) is 17.7. The third kappa shape index (κ3) is 8.29. The van der Waals surface area contributed by atoms with Gasteiger partial charge < -0.3 is 4.74 Å². The fourth-order valence-electron chi connectivity index (χ4n) is 3.50. The predicted octanol–water partition coefficient (Wildman–Crippen LogP) is 7.68. The van der Waals surface area contributed by atoms with Crippen molar-refractivity contribution in [3.8, 4) is 5.75 Å². The molecule has 0 aromatic heterocycles. The van der Waals surface area contributed by atoms with E-state index in [1.165, 1.54) is 69.8 Å². The molecule has 0 atom stereocenters. The second kappa shape index (κ2) is 13.1. The van der Waals surface area contributed by atoms with Gasteiger partial charge in [0.2, 0.25) is 0 Å². The van der Waals surface area contributed by atoms with Crippen LogP contribution >= 0.6 is 0 Å². The summed E-state index contributed by atoms with van der Waals surface area (Å²) in [7, 11) is 0. The van der Waals surface area contributed by atoms with Crippen LogP contribution in [-0.4, -0.2) is 5.97 Å². The third-order valence-corrected chi connectivity index (χ3v) is 5.32. The molecule has 0 radical (unpaired) electrons. The van der Waals surface area contributed by atoms with Gasteiger partial charge in [0.25, 0.3) is 0 Å². The Balaban J connectivity index is 1.61. The molecule has 0 fully saturated rings. The molecule has 152 valence electrons. The quantitative estimate of drug-likeness (QED) is 0.202. The molecule has 0 bridgehead atoms. The molecule has 0 saturated carbocycles. The molecular weight excluding hydrogens is 344 g/mol. The zero-order valence-electron chi connectivity index (χ0n) is 17.7. The number of carbonyl (C=O) groups is 1. The number of aryl methyl sites for hydroxylation is 2. The Kier molecular flexibility index (Phi) is 10.4. The Hall–Kier alpha value is -2.09. The fourth-order valence-corrected chi connectivity index (χ4v) is 3.50. The summed E-state index contributed by atoms with van der Waals surface area (Å²) in [5, 5.41) is 0. The third-order valence-electron chi connectivity index (χ3n) is 5.32. The van der Waals surface area contributed by atoms with Crippen molar-refractivity contribution >= 4 is 5.97 Å². The average molecular weight is 381 g/mol. The van der Waals surface area contributed by atoms with Crippen LogP contribution in [0.15, 0.2) is 48.5 Å². The molecule has 2 rings (SSSR count). The van der Waals surface area contributed by atoms with E-state index in [1.807, 2.05) is 37.3 Å². The predicted molar refractivity (Wildman–Crippen MR) is 118 cm³/mol. The number of ether oxygens (including phenoxy) is 1. The SMILES string of the molecule is CCCCCCCCCCCCc1ccc(OC(=O)c2ccccc2C)cc1. The summed E-state index contributed by atoms with van der Waals surface area (Å²) in [6.07, 6.45) is 14.7. The van der Waals surface area contributed by atoms with Gasteiger partial charge in [-0.05, 0) is 49.1 Å². The molecule has 0 amide bonds. The Morgan fingerprint density at radius 2 is 1.32 bits per heavy atom. The maximum atomic E-state index is 12.3. The van der Waals surface area contributed by atoms with Gasteiger partial charge in [0.15, 0.2) is 0 Å². The van der Waals surface area contributed by atoms with Crippen molar-refractivity contribution in [2.24, 2.45) is 0 Å². The van der Waals surface area contributed by atoms with Gasteiger partial charge in [0, 0.05) is 0 Å². The molecule has 2 nitrogen and oxygen atoms in total. The van der Waals surface area contributed by atoms with E-state index in [2.05, 4.69) is 19.1 Å². The van der Waals surface area contributed by atoms with Crippen molar-refractivity contribution in [3.63, 3.8) is 0 Å². The highest BCUT2D eigenvalue weighted by molar-refractivity contribution is 5.92. The van der Waals surface area contributed by atoms with Gasteiger partial charge in [-0.1, -0.05) is 95.0 Å². The van der Waals surface area contributed by atoms with Crippen LogP contribution in [0, 0.1) is 6.92 Å². The number of esters is 1. The van der Waals surface area contributed by atoms with E-state index < -0.39 is 0 Å². The van der Waals surface area contributed by atoms with Gasteiger partial charge in [-0.3, -0.25) is 0 Å². The topological polar surface area (TPSA) is 26.3 Å². The first-order valence-corrected chi connectivity index (χ1v) is 11.1. The fraction of sp³-hybridized carbons (Fsp3) is 0.500. The standard InChI is InChI=1S/C26H36O2/c1-3-4-5-6-7-8-9-10-11-12-16-23-18-20-24(21-19-23)28-26(27)25-17-14-13-15-22(25)2/h13-15,17-21H,3-12,16H2,1-2H3. The first-order chi connectivity index (χ1) is 13.7. The van der Waals surface area contributed by atoms with Crippen molar-refractivity contribution in [2.45, 2.75) is 84.5 Å². The summed E-state index contributed by atoms with van der Waals surface area (Å²) in [5.41, 5.74) is 2.87. The molecule has 0 saturated heterocycles. The van der Waals surface area contributed by atoms with Gasteiger partial charge in [0.05, 0.1) is 5.56 Å². The number of hydrogen-bond donors (Lipinski definition) is 0.